The number of hydrazine groups is 1. The Morgan fingerprint density at radius 2 is 1.53 bits per heavy atom. The van der Waals surface area contributed by atoms with Gasteiger partial charge in [0.15, 0.2) is 0 Å². The van der Waals surface area contributed by atoms with Crippen molar-refractivity contribution in [1.82, 2.24) is 15.0 Å². The van der Waals surface area contributed by atoms with E-state index in [-0.39, 0.29) is 37.1 Å². The van der Waals surface area contributed by atoms with Crippen molar-refractivity contribution < 1.29 is 26.3 Å². The third-order valence-electron chi connectivity index (χ3n) is 7.53. The number of fused-ring (bicyclic) bond motifs is 1. The molecule has 0 radical (unpaired) electrons. The molecule has 1 aromatic heterocycles. The minimum atomic E-state index is -4.96. The second kappa shape index (κ2) is 15.6. The normalized spacial score (nSPS) is 14.5. The van der Waals surface area contributed by atoms with Gasteiger partial charge >= 0.3 is 12.4 Å². The van der Waals surface area contributed by atoms with Gasteiger partial charge in [0.05, 0.1) is 23.2 Å². The van der Waals surface area contributed by atoms with E-state index in [2.05, 4.69) is 10.0 Å². The summed E-state index contributed by atoms with van der Waals surface area (Å²) in [5, 5.41) is 5.83. The monoisotopic (exact) mass is 639 g/mol. The lowest BCUT2D eigenvalue weighted by molar-refractivity contribution is -0.143. The molecule has 0 bridgehead atoms. The van der Waals surface area contributed by atoms with Gasteiger partial charge in [-0.15, -0.1) is 5.10 Å². The van der Waals surface area contributed by atoms with Crippen LogP contribution in [-0.4, -0.2) is 47.5 Å². The molecule has 0 atom stereocenters. The fraction of sp³-hybridized carbons (Fsp3) is 0.500. The minimum Gasteiger partial charge on any atom is -0.385 e. The molecule has 1 heterocycles. The van der Waals surface area contributed by atoms with E-state index in [0.29, 0.717) is 12.5 Å². The first kappa shape index (κ1) is 35.9. The second-order valence-corrected chi connectivity index (χ2v) is 11.1. The lowest BCUT2D eigenvalue weighted by atomic mass is 10.0. The topological polar surface area (TPSA) is 87.0 Å². The number of pyridine rings is 1. The summed E-state index contributed by atoms with van der Waals surface area (Å²) in [6.07, 6.45) is -5.30. The summed E-state index contributed by atoms with van der Waals surface area (Å²) >= 11 is 0. The first-order chi connectivity index (χ1) is 21.2. The zero-order chi connectivity index (χ0) is 33.4. The number of anilines is 1. The van der Waals surface area contributed by atoms with Crippen LogP contribution in [0.1, 0.15) is 68.7 Å². The van der Waals surface area contributed by atoms with Crippen LogP contribution in [-0.2, 0) is 25.4 Å². The SMILES string of the molecule is CC.CCN(CC1CCCC1)c1nc2ccccc2cc1CN(C/C(N)=N/N(C)N)Cc1cc(C(F)(F)F)cc(C(F)(F)F)c1. The molecule has 1 aliphatic carbocycles. The van der Waals surface area contributed by atoms with Crippen LogP contribution < -0.4 is 16.5 Å². The number of nitrogens with two attached hydrogens (primary N) is 2. The van der Waals surface area contributed by atoms with Crippen molar-refractivity contribution >= 4 is 22.6 Å². The van der Waals surface area contributed by atoms with Crippen LogP contribution in [0.5, 0.6) is 0 Å². The van der Waals surface area contributed by atoms with Gasteiger partial charge in [-0.3, -0.25) is 4.90 Å². The first-order valence-electron chi connectivity index (χ1n) is 15.2. The first-order valence-corrected chi connectivity index (χ1v) is 15.2. The third kappa shape index (κ3) is 10.2. The molecule has 0 aliphatic heterocycles. The van der Waals surface area contributed by atoms with Gasteiger partial charge in [-0.25, -0.2) is 15.9 Å². The maximum Gasteiger partial charge on any atom is 0.416 e. The largest absolute Gasteiger partial charge is 0.416 e. The van der Waals surface area contributed by atoms with Gasteiger partial charge < -0.3 is 10.6 Å². The fourth-order valence-electron chi connectivity index (χ4n) is 5.65. The molecule has 0 spiro atoms. The number of alkyl halides is 6. The fourth-order valence-corrected chi connectivity index (χ4v) is 5.65. The molecule has 1 fully saturated rings. The molecule has 0 saturated heterocycles. The molecule has 1 saturated carbocycles. The van der Waals surface area contributed by atoms with Gasteiger partial charge in [-0.05, 0) is 61.6 Å². The molecule has 4 N–H and O–H groups in total. The highest BCUT2D eigenvalue weighted by atomic mass is 19.4. The van der Waals surface area contributed by atoms with Crippen molar-refractivity contribution in [2.45, 2.75) is 71.9 Å². The molecule has 2 aromatic carbocycles. The highest BCUT2D eigenvalue weighted by Gasteiger charge is 2.37. The Bertz CT molecular complexity index is 1380. The summed E-state index contributed by atoms with van der Waals surface area (Å²) in [5.41, 5.74) is 4.76. The van der Waals surface area contributed by atoms with Crippen LogP contribution in [0.4, 0.5) is 32.2 Å². The molecule has 1 aliphatic rings. The zero-order valence-corrected chi connectivity index (χ0v) is 26.2. The van der Waals surface area contributed by atoms with E-state index in [1.807, 2.05) is 51.1 Å². The Morgan fingerprint density at radius 1 is 0.933 bits per heavy atom. The predicted molar refractivity (Wildman–Crippen MR) is 167 cm³/mol. The summed E-state index contributed by atoms with van der Waals surface area (Å²) in [6, 6.07) is 11.2. The maximum atomic E-state index is 13.6. The van der Waals surface area contributed by atoms with E-state index in [1.165, 1.54) is 19.9 Å². The quantitative estimate of drug-likeness (QED) is 0.0748. The summed E-state index contributed by atoms with van der Waals surface area (Å²) in [7, 11) is 1.45. The van der Waals surface area contributed by atoms with Crippen molar-refractivity contribution in [1.29, 1.82) is 0 Å². The standard InChI is InChI=1S/C30H37F6N7.C2H6/c1-3-43(17-20-8-4-5-9-20)28-23(14-22-10-6-7-11-26(22)39-28)18-42(19-27(37)40-41(2)38)16-21-12-24(29(31,32)33)15-25(13-21)30(34,35)36;1-2/h6-7,10-15,20H,3-5,8-9,16-19,38H2,1-2H3,(H2,37,40);1-2H3. The van der Waals surface area contributed by atoms with E-state index >= 15 is 0 Å². The van der Waals surface area contributed by atoms with Gasteiger partial charge in [0.1, 0.15) is 11.7 Å². The second-order valence-electron chi connectivity index (χ2n) is 11.1. The molecular formula is C32H43F6N7. The predicted octanol–water partition coefficient (Wildman–Crippen LogP) is 7.40. The van der Waals surface area contributed by atoms with Crippen LogP contribution in [0, 0.1) is 5.92 Å². The van der Waals surface area contributed by atoms with Crippen molar-refractivity contribution in [3.63, 3.8) is 0 Å². The van der Waals surface area contributed by atoms with E-state index in [1.54, 1.807) is 4.90 Å². The Balaban J connectivity index is 0.00000271. The number of nitrogens with zero attached hydrogens (tertiary/aromatic N) is 5. The van der Waals surface area contributed by atoms with Crippen molar-refractivity contribution in [2.24, 2.45) is 22.6 Å². The maximum absolute atomic E-state index is 13.6. The number of para-hydroxylation sites is 1. The van der Waals surface area contributed by atoms with Crippen molar-refractivity contribution in [2.75, 3.05) is 31.6 Å². The average molecular weight is 640 g/mol. The Morgan fingerprint density at radius 3 is 2.09 bits per heavy atom. The van der Waals surface area contributed by atoms with Gasteiger partial charge in [0.2, 0.25) is 0 Å². The molecule has 3 aromatic rings. The van der Waals surface area contributed by atoms with Gasteiger partial charge in [0.25, 0.3) is 0 Å². The molecule has 248 valence electrons. The number of benzene rings is 2. The van der Waals surface area contributed by atoms with Crippen LogP contribution >= 0.6 is 0 Å². The molecule has 0 unspecified atom stereocenters. The lowest BCUT2D eigenvalue weighted by Crippen LogP contribution is -2.37. The number of hydrogen-bond acceptors (Lipinski definition) is 6. The smallest absolute Gasteiger partial charge is 0.385 e. The number of amidine groups is 1. The third-order valence-corrected chi connectivity index (χ3v) is 7.53. The van der Waals surface area contributed by atoms with E-state index in [4.69, 9.17) is 16.6 Å². The molecule has 45 heavy (non-hydrogen) atoms. The lowest BCUT2D eigenvalue weighted by Gasteiger charge is -2.30. The van der Waals surface area contributed by atoms with E-state index < -0.39 is 23.5 Å². The average Bonchev–Trinajstić information content (AvgIpc) is 3.48. The van der Waals surface area contributed by atoms with Crippen LogP contribution in [0.3, 0.4) is 0 Å². The van der Waals surface area contributed by atoms with Gasteiger partial charge in [-0.2, -0.15) is 26.3 Å². The molecular weight excluding hydrogens is 596 g/mol. The minimum absolute atomic E-state index is 0.0432. The molecule has 13 heteroatoms. The number of aromatic nitrogens is 1. The summed E-state index contributed by atoms with van der Waals surface area (Å²) in [4.78, 5) is 8.83. The Labute approximate surface area is 260 Å². The summed E-state index contributed by atoms with van der Waals surface area (Å²) in [5.74, 6) is 6.90. The highest BCUT2D eigenvalue weighted by Crippen LogP contribution is 2.37. The van der Waals surface area contributed by atoms with Gasteiger partial charge in [0, 0.05) is 44.2 Å². The van der Waals surface area contributed by atoms with Crippen LogP contribution in [0.15, 0.2) is 53.6 Å². The van der Waals surface area contributed by atoms with E-state index in [9.17, 15) is 26.3 Å². The Hall–Kier alpha value is -3.58. The van der Waals surface area contributed by atoms with Crippen LogP contribution in [0.2, 0.25) is 0 Å². The van der Waals surface area contributed by atoms with Gasteiger partial charge in [-0.1, -0.05) is 44.9 Å². The highest BCUT2D eigenvalue weighted by molar-refractivity contribution is 5.83. The number of halogens is 6. The molecule has 0 amide bonds. The van der Waals surface area contributed by atoms with Crippen molar-refractivity contribution in [3.8, 4) is 0 Å². The van der Waals surface area contributed by atoms with E-state index in [0.717, 1.165) is 58.9 Å². The number of hydrogen-bond donors (Lipinski definition) is 2. The number of hydrazone groups is 1. The number of rotatable bonds is 11. The summed E-state index contributed by atoms with van der Waals surface area (Å²) < 4.78 is 81.7. The van der Waals surface area contributed by atoms with Crippen LogP contribution in [0.25, 0.3) is 10.9 Å². The summed E-state index contributed by atoms with van der Waals surface area (Å²) in [6.45, 7) is 7.32. The molecule has 4 rings (SSSR count). The van der Waals surface area contributed by atoms with Crippen molar-refractivity contribution in [3.05, 3.63) is 70.8 Å². The molecule has 7 nitrogen and oxygen atoms in total. The zero-order valence-electron chi connectivity index (χ0n) is 26.2. The Kier molecular flexibility index (Phi) is 12.5.